The van der Waals surface area contributed by atoms with Gasteiger partial charge in [0.2, 0.25) is 5.82 Å². The number of nitrogen functional groups attached to an aromatic ring is 1. The summed E-state index contributed by atoms with van der Waals surface area (Å²) < 4.78 is 6.78. The zero-order chi connectivity index (χ0) is 19.3. The largest absolute Gasteiger partial charge is 0.508 e. The summed E-state index contributed by atoms with van der Waals surface area (Å²) in [5, 5.41) is 14.5. The molecule has 0 saturated carbocycles. The molecule has 1 aromatic carbocycles. The first kappa shape index (κ1) is 16.6. The number of nitrogens with zero attached hydrogens (tertiary/aromatic N) is 3. The number of amides is 1. The number of phenols is 1. The molecule has 27 heavy (non-hydrogen) atoms. The van der Waals surface area contributed by atoms with Gasteiger partial charge in [0, 0.05) is 11.8 Å². The van der Waals surface area contributed by atoms with Crippen molar-refractivity contribution in [1.29, 1.82) is 0 Å². The van der Waals surface area contributed by atoms with Crippen LogP contribution in [0.4, 0.5) is 5.69 Å². The summed E-state index contributed by atoms with van der Waals surface area (Å²) in [6.45, 7) is 3.67. The number of aromatic nitrogens is 3. The molecule has 1 amide bonds. The maximum Gasteiger partial charge on any atom is 0.254 e. The second-order valence-electron chi connectivity index (χ2n) is 6.28. The zero-order valence-corrected chi connectivity index (χ0v) is 14.7. The minimum absolute atomic E-state index is 0.0694. The monoisotopic (exact) mass is 363 g/mol. The molecule has 0 fully saturated rings. The summed E-state index contributed by atoms with van der Waals surface area (Å²) >= 11 is 0. The Morgan fingerprint density at radius 2 is 2.04 bits per heavy atom. The number of rotatable bonds is 3. The topological polar surface area (TPSA) is 133 Å². The fourth-order valence-corrected chi connectivity index (χ4v) is 3.23. The van der Waals surface area contributed by atoms with Crippen molar-refractivity contribution in [3.8, 4) is 28.5 Å². The second-order valence-corrected chi connectivity index (χ2v) is 6.28. The lowest BCUT2D eigenvalue weighted by Crippen LogP contribution is -2.16. The third-order valence-corrected chi connectivity index (χ3v) is 4.57. The van der Waals surface area contributed by atoms with Crippen LogP contribution in [0.3, 0.4) is 0 Å². The Bertz CT molecular complexity index is 1190. The lowest BCUT2D eigenvalue weighted by atomic mass is 9.93. The van der Waals surface area contributed by atoms with Crippen LogP contribution >= 0.6 is 0 Å². The molecule has 8 nitrogen and oxygen atoms in total. The average molecular weight is 363 g/mol. The number of anilines is 1. The smallest absolute Gasteiger partial charge is 0.254 e. The van der Waals surface area contributed by atoms with Gasteiger partial charge in [0.1, 0.15) is 11.3 Å². The van der Waals surface area contributed by atoms with Crippen LogP contribution in [0.15, 0.2) is 41.1 Å². The minimum atomic E-state index is -0.715. The van der Waals surface area contributed by atoms with Gasteiger partial charge in [-0.15, -0.1) is 5.10 Å². The van der Waals surface area contributed by atoms with Gasteiger partial charge in [-0.1, -0.05) is 6.07 Å². The molecule has 0 saturated heterocycles. The number of nitrogens with two attached hydrogens (primary N) is 2. The number of phenolic OH excluding ortho intramolecular Hbond substituents is 1. The first-order chi connectivity index (χ1) is 12.9. The second kappa shape index (κ2) is 5.87. The Hall–Kier alpha value is -3.81. The molecule has 0 aliphatic heterocycles. The van der Waals surface area contributed by atoms with E-state index in [1.54, 1.807) is 37.4 Å². The molecule has 0 radical (unpaired) electrons. The number of carbonyl (C=O) groups is 1. The molecule has 0 aliphatic carbocycles. The number of pyridine rings is 1. The predicted molar refractivity (Wildman–Crippen MR) is 100 cm³/mol. The molecule has 3 aromatic heterocycles. The van der Waals surface area contributed by atoms with E-state index < -0.39 is 5.91 Å². The molecular weight excluding hydrogens is 346 g/mol. The SMILES string of the molecule is Cc1ccc(O)c(C)c1-c1cn2nc(-c3ccco3)nc2c(C(N)=O)c1N. The van der Waals surface area contributed by atoms with Crippen molar-refractivity contribution in [3.05, 3.63) is 53.4 Å². The van der Waals surface area contributed by atoms with E-state index in [9.17, 15) is 9.90 Å². The quantitative estimate of drug-likeness (QED) is 0.512. The highest BCUT2D eigenvalue weighted by molar-refractivity contribution is 6.07. The van der Waals surface area contributed by atoms with E-state index in [-0.39, 0.29) is 22.6 Å². The van der Waals surface area contributed by atoms with Crippen LogP contribution in [0.25, 0.3) is 28.4 Å². The number of hydrogen-bond donors (Lipinski definition) is 3. The third kappa shape index (κ3) is 2.50. The van der Waals surface area contributed by atoms with E-state index in [0.29, 0.717) is 28.3 Å². The van der Waals surface area contributed by atoms with Crippen LogP contribution in [-0.2, 0) is 0 Å². The normalized spacial score (nSPS) is 11.2. The number of aromatic hydroxyl groups is 1. The summed E-state index contributed by atoms with van der Waals surface area (Å²) in [4.78, 5) is 16.5. The molecule has 4 rings (SSSR count). The number of benzene rings is 1. The molecule has 0 spiro atoms. The first-order valence-electron chi connectivity index (χ1n) is 8.20. The lowest BCUT2D eigenvalue weighted by Gasteiger charge is -2.15. The molecule has 0 unspecified atom stereocenters. The summed E-state index contributed by atoms with van der Waals surface area (Å²) in [5.74, 6) is 0.182. The van der Waals surface area contributed by atoms with Gasteiger partial charge >= 0.3 is 0 Å². The third-order valence-electron chi connectivity index (χ3n) is 4.57. The molecule has 8 heteroatoms. The average Bonchev–Trinajstić information content (AvgIpc) is 3.27. The summed E-state index contributed by atoms with van der Waals surface area (Å²) in [6.07, 6.45) is 3.18. The molecule has 5 N–H and O–H groups in total. The van der Waals surface area contributed by atoms with Crippen LogP contribution < -0.4 is 11.5 Å². The molecule has 3 heterocycles. The van der Waals surface area contributed by atoms with Crippen molar-refractivity contribution in [1.82, 2.24) is 14.6 Å². The van der Waals surface area contributed by atoms with E-state index in [0.717, 1.165) is 5.56 Å². The summed E-state index contributed by atoms with van der Waals surface area (Å²) in [7, 11) is 0. The Kier molecular flexibility index (Phi) is 3.62. The van der Waals surface area contributed by atoms with E-state index in [1.807, 2.05) is 6.92 Å². The van der Waals surface area contributed by atoms with Crippen LogP contribution in [0.5, 0.6) is 5.75 Å². The Labute approximate surface area is 154 Å². The molecular formula is C19H17N5O3. The molecule has 0 aliphatic rings. The van der Waals surface area contributed by atoms with Crippen LogP contribution in [0.1, 0.15) is 21.5 Å². The van der Waals surface area contributed by atoms with E-state index in [1.165, 1.54) is 10.8 Å². The van der Waals surface area contributed by atoms with Crippen LogP contribution in [-0.4, -0.2) is 25.6 Å². The van der Waals surface area contributed by atoms with Gasteiger partial charge in [-0.25, -0.2) is 9.50 Å². The summed E-state index contributed by atoms with van der Waals surface area (Å²) in [6, 6.07) is 6.82. The fourth-order valence-electron chi connectivity index (χ4n) is 3.23. The number of furan rings is 1. The van der Waals surface area contributed by atoms with Crippen molar-refractivity contribution in [2.24, 2.45) is 5.73 Å². The van der Waals surface area contributed by atoms with Crippen molar-refractivity contribution >= 4 is 17.2 Å². The number of fused-ring (bicyclic) bond motifs is 1. The molecule has 4 aromatic rings. The number of primary amides is 1. The zero-order valence-electron chi connectivity index (χ0n) is 14.7. The van der Waals surface area contributed by atoms with Gasteiger partial charge in [-0.05, 0) is 48.7 Å². The lowest BCUT2D eigenvalue weighted by molar-refractivity contribution is 0.100. The van der Waals surface area contributed by atoms with Gasteiger partial charge in [0.15, 0.2) is 11.4 Å². The highest BCUT2D eigenvalue weighted by Crippen LogP contribution is 2.38. The molecule has 0 atom stereocenters. The summed E-state index contributed by atoms with van der Waals surface area (Å²) in [5.41, 5.74) is 15.2. The van der Waals surface area contributed by atoms with Crippen LogP contribution in [0, 0.1) is 13.8 Å². The van der Waals surface area contributed by atoms with Gasteiger partial charge in [0.05, 0.1) is 12.0 Å². The number of hydrogen-bond acceptors (Lipinski definition) is 6. The van der Waals surface area contributed by atoms with E-state index >= 15 is 0 Å². The van der Waals surface area contributed by atoms with E-state index in [4.69, 9.17) is 15.9 Å². The highest BCUT2D eigenvalue weighted by atomic mass is 16.3. The predicted octanol–water partition coefficient (Wildman–Crippen LogP) is 2.66. The van der Waals surface area contributed by atoms with Crippen molar-refractivity contribution < 1.29 is 14.3 Å². The molecule has 136 valence electrons. The van der Waals surface area contributed by atoms with E-state index in [2.05, 4.69) is 10.1 Å². The first-order valence-corrected chi connectivity index (χ1v) is 8.20. The Balaban J connectivity index is 2.08. The van der Waals surface area contributed by atoms with Crippen LogP contribution in [0.2, 0.25) is 0 Å². The van der Waals surface area contributed by atoms with Gasteiger partial charge < -0.3 is 21.0 Å². The fraction of sp³-hybridized carbons (Fsp3) is 0.105. The Morgan fingerprint density at radius 1 is 1.26 bits per heavy atom. The highest BCUT2D eigenvalue weighted by Gasteiger charge is 2.23. The van der Waals surface area contributed by atoms with Crippen molar-refractivity contribution in [2.75, 3.05) is 5.73 Å². The van der Waals surface area contributed by atoms with Crippen molar-refractivity contribution in [3.63, 3.8) is 0 Å². The maximum absolute atomic E-state index is 12.1. The minimum Gasteiger partial charge on any atom is -0.508 e. The standard InChI is InChI=1S/C19H17N5O3/c1-9-5-6-12(25)10(2)14(9)11-8-24-19(15(16(11)20)17(21)26)22-18(23-24)13-4-3-7-27-13/h3-8,25H,20H2,1-2H3,(H2,21,26). The van der Waals surface area contributed by atoms with Crippen molar-refractivity contribution in [2.45, 2.75) is 13.8 Å². The van der Waals surface area contributed by atoms with Gasteiger partial charge in [-0.3, -0.25) is 4.79 Å². The number of carbonyl (C=O) groups excluding carboxylic acids is 1. The molecule has 0 bridgehead atoms. The van der Waals surface area contributed by atoms with Gasteiger partial charge in [0.25, 0.3) is 5.91 Å². The Morgan fingerprint density at radius 3 is 2.70 bits per heavy atom. The van der Waals surface area contributed by atoms with Gasteiger partial charge in [-0.2, -0.15) is 0 Å². The number of aryl methyl sites for hydroxylation is 1. The maximum atomic E-state index is 12.1.